The number of aromatic nitrogens is 3. The van der Waals surface area contributed by atoms with E-state index in [0.29, 0.717) is 27.8 Å². The Labute approximate surface area is 161 Å². The predicted molar refractivity (Wildman–Crippen MR) is 103 cm³/mol. The molecule has 0 spiro atoms. The lowest BCUT2D eigenvalue weighted by molar-refractivity contribution is 0.0152. The molecule has 1 atom stereocenters. The van der Waals surface area contributed by atoms with Gasteiger partial charge in [-0.25, -0.2) is 9.67 Å². The second kappa shape index (κ2) is 8.05. The molecule has 1 unspecified atom stereocenters. The van der Waals surface area contributed by atoms with Crippen molar-refractivity contribution in [3.05, 3.63) is 76.3 Å². The minimum Gasteiger partial charge on any atom is -0.399 e. The van der Waals surface area contributed by atoms with Gasteiger partial charge in [0.2, 0.25) is 0 Å². The molecule has 3 aromatic rings. The van der Waals surface area contributed by atoms with Gasteiger partial charge >= 0.3 is 0 Å². The Morgan fingerprint density at radius 2 is 1.92 bits per heavy atom. The van der Waals surface area contributed by atoms with E-state index in [-0.39, 0.29) is 13.1 Å². The van der Waals surface area contributed by atoms with Gasteiger partial charge in [0.15, 0.2) is 0 Å². The van der Waals surface area contributed by atoms with Crippen molar-refractivity contribution in [1.82, 2.24) is 20.1 Å². The molecule has 8 heteroatoms. The van der Waals surface area contributed by atoms with Crippen LogP contribution in [0.15, 0.2) is 55.1 Å². The van der Waals surface area contributed by atoms with Crippen LogP contribution >= 0.6 is 23.2 Å². The number of hydrogen-bond donors (Lipinski definition) is 3. The number of nitrogens with two attached hydrogens (primary N) is 1. The molecule has 1 aromatic heterocycles. The summed E-state index contributed by atoms with van der Waals surface area (Å²) in [6.45, 7) is 1.03. The van der Waals surface area contributed by atoms with E-state index in [1.54, 1.807) is 29.2 Å². The fraction of sp³-hybridized carbons (Fsp3) is 0.222. The van der Waals surface area contributed by atoms with E-state index in [4.69, 9.17) is 28.9 Å². The van der Waals surface area contributed by atoms with E-state index in [0.717, 1.165) is 5.56 Å². The topological polar surface area (TPSA) is 89.0 Å². The zero-order valence-electron chi connectivity index (χ0n) is 13.9. The van der Waals surface area contributed by atoms with Gasteiger partial charge in [-0.2, -0.15) is 5.10 Å². The normalized spacial score (nSPS) is 13.5. The number of nitrogens with zero attached hydrogens (tertiary/aromatic N) is 3. The second-order valence-corrected chi connectivity index (χ2v) is 6.94. The molecular formula is C18H19Cl2N5O. The Morgan fingerprint density at radius 1 is 1.15 bits per heavy atom. The number of nitrogen functional groups attached to an aromatic ring is 1. The van der Waals surface area contributed by atoms with Crippen LogP contribution in [-0.4, -0.2) is 26.4 Å². The average molecular weight is 392 g/mol. The summed E-state index contributed by atoms with van der Waals surface area (Å²) < 4.78 is 1.57. The molecule has 0 bridgehead atoms. The molecule has 2 aromatic carbocycles. The van der Waals surface area contributed by atoms with Gasteiger partial charge in [0, 0.05) is 34.4 Å². The quantitative estimate of drug-likeness (QED) is 0.538. The van der Waals surface area contributed by atoms with Crippen molar-refractivity contribution in [2.45, 2.75) is 18.7 Å². The number of halogens is 2. The third-order valence-corrected chi connectivity index (χ3v) is 4.60. The van der Waals surface area contributed by atoms with Crippen LogP contribution in [0.3, 0.4) is 0 Å². The Bertz CT molecular complexity index is 855. The van der Waals surface area contributed by atoms with Gasteiger partial charge in [0.05, 0.1) is 6.54 Å². The van der Waals surface area contributed by atoms with Crippen LogP contribution in [0.2, 0.25) is 10.0 Å². The lowest BCUT2D eigenvalue weighted by Crippen LogP contribution is -2.42. The Morgan fingerprint density at radius 3 is 2.58 bits per heavy atom. The summed E-state index contributed by atoms with van der Waals surface area (Å²) in [5.74, 6) is 0. The Kier molecular flexibility index (Phi) is 5.78. The number of hydrogen-bond acceptors (Lipinski definition) is 5. The maximum Gasteiger partial charge on any atom is 0.137 e. The van der Waals surface area contributed by atoms with Crippen LogP contribution in [-0.2, 0) is 18.7 Å². The van der Waals surface area contributed by atoms with Crippen LogP contribution in [0, 0.1) is 0 Å². The van der Waals surface area contributed by atoms with Crippen molar-refractivity contribution < 1.29 is 5.11 Å². The standard InChI is InChI=1S/C18H19Cl2N5O/c19-14-3-6-16(17(20)7-14)18(26,10-25-12-23-11-24-25)9-22-8-13-1-4-15(21)5-2-13/h1-7,11-12,22,26H,8-10,21H2. The molecule has 3 rings (SSSR count). The van der Waals surface area contributed by atoms with E-state index >= 15 is 0 Å². The van der Waals surface area contributed by atoms with Crippen molar-refractivity contribution in [2.75, 3.05) is 12.3 Å². The van der Waals surface area contributed by atoms with Crippen molar-refractivity contribution in [2.24, 2.45) is 0 Å². The molecule has 136 valence electrons. The number of rotatable bonds is 7. The van der Waals surface area contributed by atoms with Crippen LogP contribution in [0.1, 0.15) is 11.1 Å². The first-order valence-corrected chi connectivity index (χ1v) is 8.77. The summed E-state index contributed by atoms with van der Waals surface area (Å²) in [7, 11) is 0. The third kappa shape index (κ3) is 4.53. The molecule has 0 aliphatic rings. The number of anilines is 1. The van der Waals surface area contributed by atoms with Gasteiger partial charge in [-0.15, -0.1) is 0 Å². The third-order valence-electron chi connectivity index (χ3n) is 4.05. The van der Waals surface area contributed by atoms with Crippen molar-refractivity contribution in [1.29, 1.82) is 0 Å². The van der Waals surface area contributed by atoms with Gasteiger partial charge < -0.3 is 16.2 Å². The first kappa shape index (κ1) is 18.7. The zero-order valence-corrected chi connectivity index (χ0v) is 15.5. The summed E-state index contributed by atoms with van der Waals surface area (Å²) in [4.78, 5) is 3.93. The predicted octanol–water partition coefficient (Wildman–Crippen LogP) is 2.84. The number of nitrogens with one attached hydrogen (secondary N) is 1. The first-order chi connectivity index (χ1) is 12.5. The fourth-order valence-corrected chi connectivity index (χ4v) is 3.32. The second-order valence-electron chi connectivity index (χ2n) is 6.09. The molecule has 0 aliphatic heterocycles. The Hall–Kier alpha value is -2.12. The highest BCUT2D eigenvalue weighted by atomic mass is 35.5. The molecule has 0 amide bonds. The first-order valence-electron chi connectivity index (χ1n) is 8.02. The molecule has 0 radical (unpaired) electrons. The average Bonchev–Trinajstić information content (AvgIpc) is 3.09. The molecule has 26 heavy (non-hydrogen) atoms. The Balaban J connectivity index is 1.79. The van der Waals surface area contributed by atoms with Gasteiger partial charge in [-0.05, 0) is 29.8 Å². The zero-order chi connectivity index (χ0) is 18.6. The van der Waals surface area contributed by atoms with E-state index in [9.17, 15) is 5.11 Å². The van der Waals surface area contributed by atoms with E-state index in [1.807, 2.05) is 24.3 Å². The van der Waals surface area contributed by atoms with Gasteiger partial charge in [-0.1, -0.05) is 41.4 Å². The van der Waals surface area contributed by atoms with Gasteiger partial charge in [0.1, 0.15) is 18.3 Å². The molecule has 1 heterocycles. The molecule has 4 N–H and O–H groups in total. The molecule has 0 aliphatic carbocycles. The van der Waals surface area contributed by atoms with Crippen molar-refractivity contribution in [3.8, 4) is 0 Å². The van der Waals surface area contributed by atoms with Crippen molar-refractivity contribution in [3.63, 3.8) is 0 Å². The summed E-state index contributed by atoms with van der Waals surface area (Å²) >= 11 is 12.3. The van der Waals surface area contributed by atoms with E-state index < -0.39 is 5.60 Å². The summed E-state index contributed by atoms with van der Waals surface area (Å²) in [6.07, 6.45) is 2.97. The summed E-state index contributed by atoms with van der Waals surface area (Å²) in [5, 5.41) is 19.6. The smallest absolute Gasteiger partial charge is 0.137 e. The fourth-order valence-electron chi connectivity index (χ4n) is 2.73. The lowest BCUT2D eigenvalue weighted by Gasteiger charge is -2.30. The van der Waals surface area contributed by atoms with Crippen LogP contribution in [0.4, 0.5) is 5.69 Å². The maximum absolute atomic E-state index is 11.3. The van der Waals surface area contributed by atoms with Gasteiger partial charge in [-0.3, -0.25) is 0 Å². The largest absolute Gasteiger partial charge is 0.399 e. The molecule has 0 saturated heterocycles. The summed E-state index contributed by atoms with van der Waals surface area (Å²) in [5.41, 5.74) is 6.76. The highest BCUT2D eigenvalue weighted by Gasteiger charge is 2.32. The van der Waals surface area contributed by atoms with Crippen molar-refractivity contribution >= 4 is 28.9 Å². The van der Waals surface area contributed by atoms with E-state index in [2.05, 4.69) is 15.4 Å². The van der Waals surface area contributed by atoms with Crippen LogP contribution < -0.4 is 11.1 Å². The molecule has 0 saturated carbocycles. The SMILES string of the molecule is Nc1ccc(CNCC(O)(Cn2cncn2)c2ccc(Cl)cc2Cl)cc1. The number of aliphatic hydroxyl groups is 1. The highest BCUT2D eigenvalue weighted by Crippen LogP contribution is 2.31. The van der Waals surface area contributed by atoms with E-state index in [1.165, 1.54) is 6.33 Å². The molecule has 0 fully saturated rings. The van der Waals surface area contributed by atoms with Crippen LogP contribution in [0.5, 0.6) is 0 Å². The monoisotopic (exact) mass is 391 g/mol. The maximum atomic E-state index is 11.3. The van der Waals surface area contributed by atoms with Crippen LogP contribution in [0.25, 0.3) is 0 Å². The lowest BCUT2D eigenvalue weighted by atomic mass is 9.93. The molecule has 6 nitrogen and oxygen atoms in total. The highest BCUT2D eigenvalue weighted by molar-refractivity contribution is 6.35. The van der Waals surface area contributed by atoms with Gasteiger partial charge in [0.25, 0.3) is 0 Å². The minimum absolute atomic E-state index is 0.198. The summed E-state index contributed by atoms with van der Waals surface area (Å²) in [6, 6.07) is 12.6. The molecular weight excluding hydrogens is 373 g/mol. The minimum atomic E-state index is -1.29. The number of benzene rings is 2.